The van der Waals surface area contributed by atoms with Crippen molar-refractivity contribution < 1.29 is 9.13 Å². The van der Waals surface area contributed by atoms with Gasteiger partial charge in [-0.1, -0.05) is 12.1 Å². The van der Waals surface area contributed by atoms with Crippen molar-refractivity contribution in [3.05, 3.63) is 58.3 Å². The number of hydrogen-bond acceptors (Lipinski definition) is 2. The first kappa shape index (κ1) is 13.1. The van der Waals surface area contributed by atoms with Gasteiger partial charge in [-0.05, 0) is 52.8 Å². The van der Waals surface area contributed by atoms with E-state index in [1.807, 2.05) is 31.3 Å². The molecule has 0 aromatic heterocycles. The van der Waals surface area contributed by atoms with E-state index in [-0.39, 0.29) is 5.82 Å². The largest absolute Gasteiger partial charge is 0.456 e. The number of hydrogen-bond donors (Lipinski definition) is 1. The normalized spacial score (nSPS) is 10.4. The minimum absolute atomic E-state index is 0.319. The molecule has 2 aromatic rings. The molecule has 18 heavy (non-hydrogen) atoms. The minimum atomic E-state index is -0.319. The molecule has 0 aliphatic carbocycles. The van der Waals surface area contributed by atoms with Crippen LogP contribution in [-0.2, 0) is 6.54 Å². The van der Waals surface area contributed by atoms with Gasteiger partial charge in [0.25, 0.3) is 0 Å². The van der Waals surface area contributed by atoms with Crippen molar-refractivity contribution in [2.24, 2.45) is 0 Å². The van der Waals surface area contributed by atoms with Crippen molar-refractivity contribution in [3.8, 4) is 11.5 Å². The summed E-state index contributed by atoms with van der Waals surface area (Å²) < 4.78 is 19.4. The first-order chi connectivity index (χ1) is 8.69. The minimum Gasteiger partial charge on any atom is -0.456 e. The Labute approximate surface area is 114 Å². The van der Waals surface area contributed by atoms with Gasteiger partial charge in [-0.15, -0.1) is 0 Å². The second-order valence-corrected chi connectivity index (χ2v) is 4.71. The van der Waals surface area contributed by atoms with Gasteiger partial charge >= 0.3 is 0 Å². The highest BCUT2D eigenvalue weighted by Crippen LogP contribution is 2.30. The fourth-order valence-electron chi connectivity index (χ4n) is 1.56. The molecule has 2 aromatic carbocycles. The second-order valence-electron chi connectivity index (χ2n) is 3.85. The molecule has 0 aliphatic heterocycles. The summed E-state index contributed by atoms with van der Waals surface area (Å²) in [6.45, 7) is 0.809. The Morgan fingerprint density at radius 1 is 1.17 bits per heavy atom. The summed E-state index contributed by atoms with van der Waals surface area (Å²) in [6, 6.07) is 12.0. The Hall–Kier alpha value is -1.39. The molecule has 0 radical (unpaired) electrons. The van der Waals surface area contributed by atoms with Gasteiger partial charge in [0.2, 0.25) is 0 Å². The van der Waals surface area contributed by atoms with E-state index < -0.39 is 0 Å². The van der Waals surface area contributed by atoms with Crippen molar-refractivity contribution in [3.63, 3.8) is 0 Å². The first-order valence-corrected chi connectivity index (χ1v) is 6.35. The lowest BCUT2D eigenvalue weighted by atomic mass is 10.2. The van der Waals surface area contributed by atoms with E-state index in [2.05, 4.69) is 21.2 Å². The van der Waals surface area contributed by atoms with E-state index in [1.54, 1.807) is 6.07 Å². The standard InChI is InChI=1S/C14H13BrFNO/c1-17-9-10-2-5-12(6-3-10)18-14-8-11(16)4-7-13(14)15/h2-8,17H,9H2,1H3. The number of rotatable bonds is 4. The summed E-state index contributed by atoms with van der Waals surface area (Å²) in [5, 5.41) is 3.07. The summed E-state index contributed by atoms with van der Waals surface area (Å²) >= 11 is 3.33. The van der Waals surface area contributed by atoms with Crippen LogP contribution in [0.25, 0.3) is 0 Å². The maximum Gasteiger partial charge on any atom is 0.144 e. The highest BCUT2D eigenvalue weighted by atomic mass is 79.9. The van der Waals surface area contributed by atoms with Gasteiger partial charge in [0, 0.05) is 12.6 Å². The molecule has 0 bridgehead atoms. The zero-order valence-electron chi connectivity index (χ0n) is 9.91. The summed E-state index contributed by atoms with van der Waals surface area (Å²) in [6.07, 6.45) is 0. The number of nitrogens with one attached hydrogen (secondary N) is 1. The third-order valence-corrected chi connectivity index (χ3v) is 3.08. The lowest BCUT2D eigenvalue weighted by Crippen LogP contribution is -2.04. The van der Waals surface area contributed by atoms with Crippen LogP contribution in [-0.4, -0.2) is 7.05 Å². The van der Waals surface area contributed by atoms with Gasteiger partial charge in [0.15, 0.2) is 0 Å². The number of benzene rings is 2. The van der Waals surface area contributed by atoms with E-state index >= 15 is 0 Å². The van der Waals surface area contributed by atoms with E-state index in [0.717, 1.165) is 11.0 Å². The molecule has 94 valence electrons. The summed E-state index contributed by atoms with van der Waals surface area (Å²) in [5.41, 5.74) is 1.17. The summed E-state index contributed by atoms with van der Waals surface area (Å²) in [5.74, 6) is 0.831. The van der Waals surface area contributed by atoms with Crippen LogP contribution in [0.15, 0.2) is 46.9 Å². The van der Waals surface area contributed by atoms with Crippen LogP contribution in [0.4, 0.5) is 4.39 Å². The summed E-state index contributed by atoms with van der Waals surface area (Å²) in [4.78, 5) is 0. The Morgan fingerprint density at radius 2 is 1.89 bits per heavy atom. The molecule has 0 amide bonds. The molecule has 0 atom stereocenters. The Balaban J connectivity index is 2.15. The molecule has 0 heterocycles. The lowest BCUT2D eigenvalue weighted by molar-refractivity contribution is 0.473. The first-order valence-electron chi connectivity index (χ1n) is 5.55. The average molecular weight is 310 g/mol. The van der Waals surface area contributed by atoms with Crippen LogP contribution < -0.4 is 10.1 Å². The highest BCUT2D eigenvalue weighted by molar-refractivity contribution is 9.10. The predicted molar refractivity (Wildman–Crippen MR) is 73.4 cm³/mol. The van der Waals surface area contributed by atoms with Gasteiger partial charge in [0.1, 0.15) is 17.3 Å². The van der Waals surface area contributed by atoms with Gasteiger partial charge in [0.05, 0.1) is 4.47 Å². The Morgan fingerprint density at radius 3 is 2.56 bits per heavy atom. The van der Waals surface area contributed by atoms with E-state index in [1.165, 1.54) is 17.7 Å². The molecule has 0 aliphatic rings. The fourth-order valence-corrected chi connectivity index (χ4v) is 1.89. The molecule has 0 unspecified atom stereocenters. The smallest absolute Gasteiger partial charge is 0.144 e. The Kier molecular flexibility index (Phi) is 4.33. The topological polar surface area (TPSA) is 21.3 Å². The second kappa shape index (κ2) is 5.98. The maximum atomic E-state index is 13.1. The predicted octanol–water partition coefficient (Wildman–Crippen LogP) is 4.10. The third kappa shape index (κ3) is 3.31. The molecule has 0 spiro atoms. The summed E-state index contributed by atoms with van der Waals surface area (Å²) in [7, 11) is 1.90. The van der Waals surface area contributed by atoms with Crippen LogP contribution in [0.2, 0.25) is 0 Å². The lowest BCUT2D eigenvalue weighted by Gasteiger charge is -2.08. The fraction of sp³-hybridized carbons (Fsp3) is 0.143. The van der Waals surface area contributed by atoms with Crippen LogP contribution in [0.5, 0.6) is 11.5 Å². The molecular formula is C14H13BrFNO. The number of halogens is 2. The zero-order valence-corrected chi connectivity index (χ0v) is 11.5. The quantitative estimate of drug-likeness (QED) is 0.918. The van der Waals surface area contributed by atoms with Crippen LogP contribution in [0, 0.1) is 5.82 Å². The molecule has 0 fully saturated rings. The molecule has 4 heteroatoms. The molecule has 0 saturated heterocycles. The van der Waals surface area contributed by atoms with Crippen molar-refractivity contribution in [2.45, 2.75) is 6.54 Å². The van der Waals surface area contributed by atoms with Crippen molar-refractivity contribution in [1.29, 1.82) is 0 Å². The maximum absolute atomic E-state index is 13.1. The van der Waals surface area contributed by atoms with E-state index in [9.17, 15) is 4.39 Å². The SMILES string of the molecule is CNCc1ccc(Oc2cc(F)ccc2Br)cc1. The third-order valence-electron chi connectivity index (χ3n) is 2.43. The van der Waals surface area contributed by atoms with Crippen molar-refractivity contribution in [2.75, 3.05) is 7.05 Å². The van der Waals surface area contributed by atoms with Gasteiger partial charge in [-0.2, -0.15) is 0 Å². The van der Waals surface area contributed by atoms with E-state index in [4.69, 9.17) is 4.74 Å². The van der Waals surface area contributed by atoms with E-state index in [0.29, 0.717) is 11.5 Å². The molecular weight excluding hydrogens is 297 g/mol. The highest BCUT2D eigenvalue weighted by Gasteiger charge is 2.04. The monoisotopic (exact) mass is 309 g/mol. The number of ether oxygens (including phenoxy) is 1. The van der Waals surface area contributed by atoms with Crippen LogP contribution in [0.3, 0.4) is 0 Å². The molecule has 2 nitrogen and oxygen atoms in total. The van der Waals surface area contributed by atoms with Gasteiger partial charge in [-0.25, -0.2) is 4.39 Å². The van der Waals surface area contributed by atoms with Crippen molar-refractivity contribution >= 4 is 15.9 Å². The van der Waals surface area contributed by atoms with Crippen LogP contribution >= 0.6 is 15.9 Å². The molecule has 0 saturated carbocycles. The van der Waals surface area contributed by atoms with Crippen LogP contribution in [0.1, 0.15) is 5.56 Å². The molecule has 1 N–H and O–H groups in total. The molecule has 2 rings (SSSR count). The zero-order chi connectivity index (χ0) is 13.0. The van der Waals surface area contributed by atoms with Gasteiger partial charge in [-0.3, -0.25) is 0 Å². The Bertz CT molecular complexity index is 528. The average Bonchev–Trinajstić information content (AvgIpc) is 2.37. The van der Waals surface area contributed by atoms with Gasteiger partial charge < -0.3 is 10.1 Å². The van der Waals surface area contributed by atoms with Crippen molar-refractivity contribution in [1.82, 2.24) is 5.32 Å².